The smallest absolute Gasteiger partial charge is 0.292 e. The molecule has 2 aromatic carbocycles. The van der Waals surface area contributed by atoms with E-state index in [9.17, 15) is 20.2 Å². The van der Waals surface area contributed by atoms with Gasteiger partial charge in [0.2, 0.25) is 0 Å². The van der Waals surface area contributed by atoms with E-state index in [0.717, 1.165) is 0 Å². The Bertz CT molecular complexity index is 706. The van der Waals surface area contributed by atoms with Gasteiger partial charge in [-0.1, -0.05) is 29.8 Å². The highest BCUT2D eigenvalue weighted by Gasteiger charge is 2.16. The predicted molar refractivity (Wildman–Crippen MR) is 78.5 cm³/mol. The molecule has 0 amide bonds. The molecule has 2 rings (SSSR count). The normalized spacial score (nSPS) is 10.1. The molecule has 0 saturated carbocycles. The summed E-state index contributed by atoms with van der Waals surface area (Å²) in [4.78, 5) is 20.8. The molecule has 0 atom stereocenters. The number of nitrogens with zero attached hydrogens (tertiary/aromatic N) is 2. The van der Waals surface area contributed by atoms with Crippen LogP contribution >= 0.6 is 11.6 Å². The summed E-state index contributed by atoms with van der Waals surface area (Å²) in [7, 11) is 0. The Labute approximate surface area is 124 Å². The van der Waals surface area contributed by atoms with Crippen molar-refractivity contribution in [2.75, 3.05) is 5.32 Å². The van der Waals surface area contributed by atoms with Gasteiger partial charge in [-0.3, -0.25) is 20.2 Å². The number of anilines is 1. The minimum absolute atomic E-state index is 0.0466. The van der Waals surface area contributed by atoms with E-state index in [4.69, 9.17) is 11.6 Å². The van der Waals surface area contributed by atoms with Crippen LogP contribution in [0.3, 0.4) is 0 Å². The molecule has 0 heterocycles. The lowest BCUT2D eigenvalue weighted by Crippen LogP contribution is -2.05. The zero-order valence-corrected chi connectivity index (χ0v) is 11.4. The maximum absolute atomic E-state index is 10.9. The van der Waals surface area contributed by atoms with Gasteiger partial charge in [-0.05, 0) is 12.1 Å². The summed E-state index contributed by atoms with van der Waals surface area (Å²) in [5.41, 5.74) is 0.454. The van der Waals surface area contributed by atoms with Crippen molar-refractivity contribution in [1.29, 1.82) is 0 Å². The molecule has 0 aliphatic heterocycles. The second kappa shape index (κ2) is 6.19. The fourth-order valence-corrected chi connectivity index (χ4v) is 2.01. The molecule has 0 unspecified atom stereocenters. The third-order valence-electron chi connectivity index (χ3n) is 2.81. The monoisotopic (exact) mass is 307 g/mol. The number of benzene rings is 2. The SMILES string of the molecule is O=[N+]([O-])c1ccccc1CNc1cc(Cl)ccc1[N+](=O)[O-]. The van der Waals surface area contributed by atoms with Crippen molar-refractivity contribution in [2.45, 2.75) is 6.54 Å². The molecular formula is C13H10ClN3O4. The zero-order valence-electron chi connectivity index (χ0n) is 10.7. The Morgan fingerprint density at radius 1 is 1.00 bits per heavy atom. The van der Waals surface area contributed by atoms with Gasteiger partial charge < -0.3 is 5.32 Å². The fourth-order valence-electron chi connectivity index (χ4n) is 1.84. The minimum Gasteiger partial charge on any atom is -0.375 e. The minimum atomic E-state index is -0.544. The van der Waals surface area contributed by atoms with Crippen LogP contribution in [0.15, 0.2) is 42.5 Å². The zero-order chi connectivity index (χ0) is 15.4. The van der Waals surface area contributed by atoms with E-state index in [-0.39, 0.29) is 23.6 Å². The van der Waals surface area contributed by atoms with Crippen LogP contribution in [0.25, 0.3) is 0 Å². The van der Waals surface area contributed by atoms with Gasteiger partial charge in [-0.2, -0.15) is 0 Å². The maximum Gasteiger partial charge on any atom is 0.292 e. The molecule has 8 heteroatoms. The third kappa shape index (κ3) is 3.46. The molecule has 0 bridgehead atoms. The van der Waals surface area contributed by atoms with Crippen molar-refractivity contribution >= 4 is 28.7 Å². The number of nitro groups is 2. The number of nitrogens with one attached hydrogen (secondary N) is 1. The number of hydrogen-bond donors (Lipinski definition) is 1. The van der Waals surface area contributed by atoms with Gasteiger partial charge in [-0.15, -0.1) is 0 Å². The van der Waals surface area contributed by atoms with E-state index in [1.54, 1.807) is 18.2 Å². The van der Waals surface area contributed by atoms with Gasteiger partial charge in [0.05, 0.1) is 9.85 Å². The molecule has 0 aliphatic carbocycles. The van der Waals surface area contributed by atoms with Gasteiger partial charge in [0.1, 0.15) is 5.69 Å². The molecule has 0 saturated heterocycles. The van der Waals surface area contributed by atoms with E-state index >= 15 is 0 Å². The first kappa shape index (κ1) is 14.7. The summed E-state index contributed by atoms with van der Waals surface area (Å²) in [6.45, 7) is 0.0817. The average molecular weight is 308 g/mol. The van der Waals surface area contributed by atoms with Crippen LogP contribution in [0.4, 0.5) is 17.1 Å². The first-order valence-corrected chi connectivity index (χ1v) is 6.27. The quantitative estimate of drug-likeness (QED) is 0.669. The van der Waals surface area contributed by atoms with Crippen molar-refractivity contribution in [1.82, 2.24) is 0 Å². The highest BCUT2D eigenvalue weighted by Crippen LogP contribution is 2.29. The molecule has 0 spiro atoms. The Kier molecular flexibility index (Phi) is 4.34. The van der Waals surface area contributed by atoms with E-state index in [1.807, 2.05) is 0 Å². The van der Waals surface area contributed by atoms with E-state index in [0.29, 0.717) is 10.6 Å². The molecular weight excluding hydrogens is 298 g/mol. The summed E-state index contributed by atoms with van der Waals surface area (Å²) in [6, 6.07) is 10.3. The van der Waals surface area contributed by atoms with Crippen molar-refractivity contribution in [3.8, 4) is 0 Å². The molecule has 0 radical (unpaired) electrons. The summed E-state index contributed by atoms with van der Waals surface area (Å²) in [5.74, 6) is 0. The Morgan fingerprint density at radius 2 is 1.67 bits per heavy atom. The lowest BCUT2D eigenvalue weighted by molar-refractivity contribution is -0.385. The van der Waals surface area contributed by atoms with E-state index < -0.39 is 9.85 Å². The van der Waals surface area contributed by atoms with Crippen LogP contribution in [0.2, 0.25) is 5.02 Å². The Hall–Kier alpha value is -2.67. The molecule has 0 aromatic heterocycles. The van der Waals surface area contributed by atoms with Crippen molar-refractivity contribution in [2.24, 2.45) is 0 Å². The topological polar surface area (TPSA) is 98.3 Å². The van der Waals surface area contributed by atoms with Crippen LogP contribution in [0.1, 0.15) is 5.56 Å². The van der Waals surface area contributed by atoms with Gasteiger partial charge in [0.15, 0.2) is 0 Å². The summed E-state index contributed by atoms with van der Waals surface area (Å²) in [6.07, 6.45) is 0. The lowest BCUT2D eigenvalue weighted by Gasteiger charge is -2.08. The van der Waals surface area contributed by atoms with Crippen LogP contribution in [-0.2, 0) is 6.54 Å². The van der Waals surface area contributed by atoms with Crippen LogP contribution in [-0.4, -0.2) is 9.85 Å². The number of rotatable bonds is 5. The van der Waals surface area contributed by atoms with Gasteiger partial charge >= 0.3 is 0 Å². The molecule has 7 nitrogen and oxygen atoms in total. The third-order valence-corrected chi connectivity index (χ3v) is 3.05. The first-order valence-electron chi connectivity index (χ1n) is 5.89. The van der Waals surface area contributed by atoms with Crippen LogP contribution in [0.5, 0.6) is 0 Å². The molecule has 1 N–H and O–H groups in total. The highest BCUT2D eigenvalue weighted by atomic mass is 35.5. The summed E-state index contributed by atoms with van der Waals surface area (Å²) in [5, 5.41) is 25.0. The average Bonchev–Trinajstić information content (AvgIpc) is 2.45. The Morgan fingerprint density at radius 3 is 2.33 bits per heavy atom. The number of halogens is 1. The second-order valence-electron chi connectivity index (χ2n) is 4.16. The molecule has 108 valence electrons. The molecule has 0 fully saturated rings. The largest absolute Gasteiger partial charge is 0.375 e. The van der Waals surface area contributed by atoms with Crippen LogP contribution < -0.4 is 5.32 Å². The number of nitro benzene ring substituents is 2. The molecule has 21 heavy (non-hydrogen) atoms. The number of para-hydroxylation sites is 1. The van der Waals surface area contributed by atoms with E-state index in [1.165, 1.54) is 24.3 Å². The summed E-state index contributed by atoms with van der Waals surface area (Å²) < 4.78 is 0. The fraction of sp³-hybridized carbons (Fsp3) is 0.0769. The van der Waals surface area contributed by atoms with E-state index in [2.05, 4.69) is 5.32 Å². The predicted octanol–water partition coefficient (Wildman–Crippen LogP) is 3.77. The van der Waals surface area contributed by atoms with Crippen molar-refractivity contribution < 1.29 is 9.85 Å². The first-order chi connectivity index (χ1) is 9.99. The van der Waals surface area contributed by atoms with Gasteiger partial charge in [0.25, 0.3) is 11.4 Å². The molecule has 0 aliphatic rings. The van der Waals surface area contributed by atoms with Crippen LogP contribution in [0, 0.1) is 20.2 Å². The standard InChI is InChI=1S/C13H10ClN3O4/c14-10-5-6-13(17(20)21)11(7-10)15-8-9-3-1-2-4-12(9)16(18)19/h1-7,15H,8H2. The summed E-state index contributed by atoms with van der Waals surface area (Å²) >= 11 is 5.81. The number of hydrogen-bond acceptors (Lipinski definition) is 5. The van der Waals surface area contributed by atoms with Gasteiger partial charge in [0, 0.05) is 29.3 Å². The lowest BCUT2D eigenvalue weighted by atomic mass is 10.1. The Balaban J connectivity index is 2.27. The maximum atomic E-state index is 10.9. The van der Waals surface area contributed by atoms with Crippen molar-refractivity contribution in [3.63, 3.8) is 0 Å². The molecule has 2 aromatic rings. The highest BCUT2D eigenvalue weighted by molar-refractivity contribution is 6.31. The second-order valence-corrected chi connectivity index (χ2v) is 4.59. The van der Waals surface area contributed by atoms with Crippen molar-refractivity contribution in [3.05, 3.63) is 73.3 Å². The van der Waals surface area contributed by atoms with Gasteiger partial charge in [-0.25, -0.2) is 0 Å².